The van der Waals surface area contributed by atoms with E-state index >= 15 is 0 Å². The van der Waals surface area contributed by atoms with E-state index in [9.17, 15) is 0 Å². The Kier molecular flexibility index (Phi) is 3.82. The minimum absolute atomic E-state index is 0.525. The summed E-state index contributed by atoms with van der Waals surface area (Å²) in [6, 6.07) is 9.92. The Bertz CT molecular complexity index is 781. The van der Waals surface area contributed by atoms with Crippen molar-refractivity contribution in [3.8, 4) is 11.6 Å². The van der Waals surface area contributed by atoms with Crippen LogP contribution in [0.1, 0.15) is 5.56 Å². The highest BCUT2D eigenvalue weighted by atomic mass is 16.5. The lowest BCUT2D eigenvalue weighted by atomic mass is 10.2. The van der Waals surface area contributed by atoms with Crippen LogP contribution in [-0.2, 0) is 13.6 Å². The van der Waals surface area contributed by atoms with Gasteiger partial charge in [0.2, 0.25) is 0 Å². The second-order valence-corrected chi connectivity index (χ2v) is 4.95. The highest BCUT2D eigenvalue weighted by Crippen LogP contribution is 2.28. The standard InChI is InChI=1S/C16H18N4O2/c1-20-9-8-13-14(20)16(22-3)19-18-15(13)17-10-11-4-6-12(21-2)7-5-11/h4-9H,10H2,1-3H3,(H,17,18). The molecule has 3 rings (SSSR count). The van der Waals surface area contributed by atoms with Crippen LogP contribution in [0.5, 0.6) is 11.6 Å². The van der Waals surface area contributed by atoms with Gasteiger partial charge in [-0.05, 0) is 23.8 Å². The monoisotopic (exact) mass is 298 g/mol. The molecule has 0 aliphatic carbocycles. The quantitative estimate of drug-likeness (QED) is 0.784. The van der Waals surface area contributed by atoms with Crippen LogP contribution in [0.15, 0.2) is 36.5 Å². The lowest BCUT2D eigenvalue weighted by Crippen LogP contribution is -2.04. The first-order chi connectivity index (χ1) is 10.7. The van der Waals surface area contributed by atoms with Crippen LogP contribution < -0.4 is 14.8 Å². The van der Waals surface area contributed by atoms with Crippen LogP contribution in [-0.4, -0.2) is 29.0 Å². The molecule has 0 aliphatic rings. The van der Waals surface area contributed by atoms with Crippen molar-refractivity contribution in [2.24, 2.45) is 7.05 Å². The molecule has 0 spiro atoms. The van der Waals surface area contributed by atoms with Gasteiger partial charge in [-0.3, -0.25) is 0 Å². The molecule has 6 heteroatoms. The van der Waals surface area contributed by atoms with Gasteiger partial charge in [0.05, 0.1) is 14.2 Å². The van der Waals surface area contributed by atoms with Gasteiger partial charge in [0.25, 0.3) is 5.88 Å². The average molecular weight is 298 g/mol. The zero-order chi connectivity index (χ0) is 15.5. The second-order valence-electron chi connectivity index (χ2n) is 4.95. The molecule has 1 N–H and O–H groups in total. The summed E-state index contributed by atoms with van der Waals surface area (Å²) in [6.07, 6.45) is 1.97. The summed E-state index contributed by atoms with van der Waals surface area (Å²) in [5.41, 5.74) is 2.07. The summed E-state index contributed by atoms with van der Waals surface area (Å²) in [5.74, 6) is 2.11. The van der Waals surface area contributed by atoms with Gasteiger partial charge in [-0.15, -0.1) is 10.2 Å². The number of anilines is 1. The lowest BCUT2D eigenvalue weighted by molar-refractivity contribution is 0.396. The van der Waals surface area contributed by atoms with Crippen molar-refractivity contribution in [1.82, 2.24) is 14.8 Å². The second kappa shape index (κ2) is 5.93. The van der Waals surface area contributed by atoms with Crippen molar-refractivity contribution in [1.29, 1.82) is 0 Å². The third kappa shape index (κ3) is 2.55. The molecule has 0 bridgehead atoms. The fourth-order valence-electron chi connectivity index (χ4n) is 2.38. The maximum atomic E-state index is 5.27. The molecular formula is C16H18N4O2. The van der Waals surface area contributed by atoms with E-state index in [2.05, 4.69) is 15.5 Å². The summed E-state index contributed by atoms with van der Waals surface area (Å²) < 4.78 is 12.4. The van der Waals surface area contributed by atoms with Gasteiger partial charge in [0, 0.05) is 25.2 Å². The molecule has 1 aromatic carbocycles. The third-order valence-electron chi connectivity index (χ3n) is 3.58. The maximum Gasteiger partial charge on any atom is 0.258 e. The Morgan fingerprint density at radius 2 is 1.82 bits per heavy atom. The van der Waals surface area contributed by atoms with Gasteiger partial charge < -0.3 is 19.4 Å². The molecule has 0 radical (unpaired) electrons. The molecule has 2 aromatic heterocycles. The first kappa shape index (κ1) is 14.2. The number of hydrogen-bond acceptors (Lipinski definition) is 5. The Morgan fingerprint density at radius 3 is 2.50 bits per heavy atom. The van der Waals surface area contributed by atoms with Gasteiger partial charge in [0.15, 0.2) is 5.82 Å². The molecule has 6 nitrogen and oxygen atoms in total. The fraction of sp³-hybridized carbons (Fsp3) is 0.250. The van der Waals surface area contributed by atoms with Crippen LogP contribution in [0.4, 0.5) is 5.82 Å². The molecule has 0 saturated heterocycles. The van der Waals surface area contributed by atoms with E-state index in [1.54, 1.807) is 14.2 Å². The molecule has 0 amide bonds. The zero-order valence-electron chi connectivity index (χ0n) is 12.8. The maximum absolute atomic E-state index is 5.27. The van der Waals surface area contributed by atoms with Crippen LogP contribution in [0.3, 0.4) is 0 Å². The number of ether oxygens (including phenoxy) is 2. The molecule has 3 aromatic rings. The number of aromatic nitrogens is 3. The fourth-order valence-corrected chi connectivity index (χ4v) is 2.38. The van der Waals surface area contributed by atoms with E-state index in [-0.39, 0.29) is 0 Å². The van der Waals surface area contributed by atoms with Gasteiger partial charge >= 0.3 is 0 Å². The van der Waals surface area contributed by atoms with Gasteiger partial charge in [-0.2, -0.15) is 0 Å². The molecule has 2 heterocycles. The minimum atomic E-state index is 0.525. The number of fused-ring (bicyclic) bond motifs is 1. The Balaban J connectivity index is 1.84. The van der Waals surface area contributed by atoms with E-state index in [1.807, 2.05) is 48.1 Å². The number of aryl methyl sites for hydroxylation is 1. The Hall–Kier alpha value is -2.76. The average Bonchev–Trinajstić information content (AvgIpc) is 2.96. The van der Waals surface area contributed by atoms with Crippen molar-refractivity contribution >= 4 is 16.7 Å². The molecule has 0 unspecified atom stereocenters. The van der Waals surface area contributed by atoms with Crippen LogP contribution in [0, 0.1) is 0 Å². The van der Waals surface area contributed by atoms with Gasteiger partial charge in [0.1, 0.15) is 11.3 Å². The number of nitrogens with one attached hydrogen (secondary N) is 1. The molecule has 0 aliphatic heterocycles. The smallest absolute Gasteiger partial charge is 0.258 e. The molecule has 0 fully saturated rings. The molecule has 22 heavy (non-hydrogen) atoms. The predicted molar refractivity (Wildman–Crippen MR) is 85.4 cm³/mol. The predicted octanol–water partition coefficient (Wildman–Crippen LogP) is 2.60. The van der Waals surface area contributed by atoms with E-state index < -0.39 is 0 Å². The van der Waals surface area contributed by atoms with Gasteiger partial charge in [-0.25, -0.2) is 0 Å². The normalized spacial score (nSPS) is 10.7. The number of methoxy groups -OCH3 is 2. The number of rotatable bonds is 5. The number of nitrogens with zero attached hydrogens (tertiary/aromatic N) is 3. The summed E-state index contributed by atoms with van der Waals surface area (Å²) >= 11 is 0. The molecular weight excluding hydrogens is 280 g/mol. The van der Waals surface area contributed by atoms with Crippen LogP contribution >= 0.6 is 0 Å². The van der Waals surface area contributed by atoms with Crippen molar-refractivity contribution in [3.63, 3.8) is 0 Å². The van der Waals surface area contributed by atoms with E-state index in [0.717, 1.165) is 28.0 Å². The number of benzene rings is 1. The first-order valence-corrected chi connectivity index (χ1v) is 6.95. The largest absolute Gasteiger partial charge is 0.497 e. The van der Waals surface area contributed by atoms with Crippen molar-refractivity contribution in [2.45, 2.75) is 6.54 Å². The molecule has 0 saturated carbocycles. The Labute approximate surface area is 128 Å². The third-order valence-corrected chi connectivity index (χ3v) is 3.58. The van der Waals surface area contributed by atoms with Crippen molar-refractivity contribution in [2.75, 3.05) is 19.5 Å². The minimum Gasteiger partial charge on any atom is -0.497 e. The summed E-state index contributed by atoms with van der Waals surface area (Å²) in [6.45, 7) is 0.662. The first-order valence-electron chi connectivity index (χ1n) is 6.95. The molecule has 0 atom stereocenters. The summed E-state index contributed by atoms with van der Waals surface area (Å²) in [4.78, 5) is 0. The molecule has 114 valence electrons. The van der Waals surface area contributed by atoms with E-state index in [4.69, 9.17) is 9.47 Å². The van der Waals surface area contributed by atoms with E-state index in [1.165, 1.54) is 0 Å². The SMILES string of the molecule is COc1ccc(CNc2nnc(OC)c3c2ccn3C)cc1. The zero-order valence-corrected chi connectivity index (χ0v) is 12.8. The van der Waals surface area contributed by atoms with Crippen molar-refractivity contribution in [3.05, 3.63) is 42.1 Å². The van der Waals surface area contributed by atoms with Gasteiger partial charge in [-0.1, -0.05) is 12.1 Å². The summed E-state index contributed by atoms with van der Waals surface area (Å²) in [5, 5.41) is 12.6. The van der Waals surface area contributed by atoms with Crippen LogP contribution in [0.25, 0.3) is 10.9 Å². The highest BCUT2D eigenvalue weighted by molar-refractivity contribution is 5.93. The van der Waals surface area contributed by atoms with Crippen LogP contribution in [0.2, 0.25) is 0 Å². The van der Waals surface area contributed by atoms with E-state index in [0.29, 0.717) is 12.4 Å². The topological polar surface area (TPSA) is 61.2 Å². The highest BCUT2D eigenvalue weighted by Gasteiger charge is 2.12. The Morgan fingerprint density at radius 1 is 1.05 bits per heavy atom. The van der Waals surface area contributed by atoms with Crippen molar-refractivity contribution < 1.29 is 9.47 Å². The number of hydrogen-bond donors (Lipinski definition) is 1. The summed E-state index contributed by atoms with van der Waals surface area (Å²) in [7, 11) is 5.22. The lowest BCUT2D eigenvalue weighted by Gasteiger charge is -2.09.